The third-order valence-electron chi connectivity index (χ3n) is 5.10. The van der Waals surface area contributed by atoms with Crippen LogP contribution >= 0.6 is 23.1 Å². The lowest BCUT2D eigenvalue weighted by atomic mass is 9.72. The van der Waals surface area contributed by atoms with Crippen molar-refractivity contribution in [2.75, 3.05) is 11.1 Å². The summed E-state index contributed by atoms with van der Waals surface area (Å²) in [6.07, 6.45) is 2.96. The molecule has 0 radical (unpaired) electrons. The molecule has 2 heterocycles. The molecule has 150 valence electrons. The number of carbonyl (C=O) groups excluding carboxylic acids is 1. The van der Waals surface area contributed by atoms with Crippen LogP contribution in [-0.2, 0) is 17.6 Å². The number of nitrogens with zero attached hydrogens (tertiary/aromatic N) is 3. The van der Waals surface area contributed by atoms with Gasteiger partial charge >= 0.3 is 0 Å². The number of nitriles is 1. The highest BCUT2D eigenvalue weighted by Gasteiger charge is 2.32. The Hall–Kier alpha value is -1.85. The zero-order chi connectivity index (χ0) is 20.5. The van der Waals surface area contributed by atoms with Crippen molar-refractivity contribution in [2.24, 2.45) is 11.3 Å². The van der Waals surface area contributed by atoms with Gasteiger partial charge in [0.2, 0.25) is 11.8 Å². The molecule has 1 aliphatic rings. The number of aromatic nitrogens is 2. The van der Waals surface area contributed by atoms with Crippen LogP contribution in [0.15, 0.2) is 9.64 Å². The Balaban J connectivity index is 1.66. The van der Waals surface area contributed by atoms with Crippen LogP contribution in [0.5, 0.6) is 0 Å². The van der Waals surface area contributed by atoms with Gasteiger partial charge in [0, 0.05) is 10.8 Å². The minimum Gasteiger partial charge on any atom is -0.416 e. The van der Waals surface area contributed by atoms with Crippen LogP contribution in [-0.4, -0.2) is 21.9 Å². The molecule has 2 aromatic rings. The first-order valence-electron chi connectivity index (χ1n) is 9.49. The molecular formula is C20H26N4O2S2. The number of anilines is 1. The van der Waals surface area contributed by atoms with Crippen LogP contribution in [0.4, 0.5) is 5.00 Å². The highest BCUT2D eigenvalue weighted by molar-refractivity contribution is 7.99. The average molecular weight is 419 g/mol. The summed E-state index contributed by atoms with van der Waals surface area (Å²) in [7, 11) is 0. The van der Waals surface area contributed by atoms with E-state index in [9.17, 15) is 10.1 Å². The molecule has 0 aromatic carbocycles. The second kappa shape index (κ2) is 8.26. The molecule has 1 amide bonds. The average Bonchev–Trinajstić information content (AvgIpc) is 3.22. The third kappa shape index (κ3) is 4.58. The van der Waals surface area contributed by atoms with Crippen molar-refractivity contribution in [3.05, 3.63) is 21.9 Å². The van der Waals surface area contributed by atoms with Crippen LogP contribution in [0.1, 0.15) is 68.9 Å². The number of rotatable bonds is 5. The summed E-state index contributed by atoms with van der Waals surface area (Å²) in [6.45, 7) is 10.7. The van der Waals surface area contributed by atoms with Crippen LogP contribution in [0.2, 0.25) is 0 Å². The maximum Gasteiger partial charge on any atom is 0.277 e. The lowest BCUT2D eigenvalue weighted by Gasteiger charge is -2.33. The van der Waals surface area contributed by atoms with Crippen molar-refractivity contribution in [1.29, 1.82) is 5.26 Å². The molecule has 0 bridgehead atoms. The summed E-state index contributed by atoms with van der Waals surface area (Å²) in [5.74, 6) is 1.31. The number of fused-ring (bicyclic) bond motifs is 1. The Bertz CT molecular complexity index is 902. The quantitative estimate of drug-likeness (QED) is 0.686. The van der Waals surface area contributed by atoms with E-state index in [1.54, 1.807) is 11.3 Å². The molecule has 6 nitrogen and oxygen atoms in total. The first-order valence-corrected chi connectivity index (χ1v) is 11.3. The number of thiophene rings is 1. The largest absolute Gasteiger partial charge is 0.416 e. The van der Waals surface area contributed by atoms with Gasteiger partial charge in [0.15, 0.2) is 0 Å². The number of nitrogens with one attached hydrogen (secondary N) is 1. The van der Waals surface area contributed by atoms with Gasteiger partial charge in [0.05, 0.1) is 11.3 Å². The maximum absolute atomic E-state index is 12.4. The highest BCUT2D eigenvalue weighted by Crippen LogP contribution is 2.44. The Morgan fingerprint density at radius 3 is 2.79 bits per heavy atom. The Labute approximate surface area is 174 Å². The molecule has 3 rings (SSSR count). The third-order valence-corrected chi connectivity index (χ3v) is 7.09. The fraction of sp³-hybridized carbons (Fsp3) is 0.600. The van der Waals surface area contributed by atoms with Crippen molar-refractivity contribution in [2.45, 2.75) is 65.0 Å². The summed E-state index contributed by atoms with van der Waals surface area (Å²) < 4.78 is 5.51. The zero-order valence-corrected chi connectivity index (χ0v) is 18.6. The summed E-state index contributed by atoms with van der Waals surface area (Å²) in [4.78, 5) is 13.6. The number of carbonyl (C=O) groups is 1. The number of hydrogen-bond donors (Lipinski definition) is 1. The van der Waals surface area contributed by atoms with E-state index < -0.39 is 0 Å². The molecule has 1 atom stereocenters. The fourth-order valence-corrected chi connectivity index (χ4v) is 5.20. The molecule has 0 saturated heterocycles. The van der Waals surface area contributed by atoms with E-state index in [1.807, 2.05) is 13.8 Å². The number of hydrogen-bond acceptors (Lipinski definition) is 7. The van der Waals surface area contributed by atoms with E-state index in [1.165, 1.54) is 16.6 Å². The summed E-state index contributed by atoms with van der Waals surface area (Å²) in [6, 6.07) is 2.30. The van der Waals surface area contributed by atoms with Crippen molar-refractivity contribution >= 4 is 34.0 Å². The molecule has 28 heavy (non-hydrogen) atoms. The fourth-order valence-electron chi connectivity index (χ4n) is 3.33. The predicted molar refractivity (Wildman–Crippen MR) is 112 cm³/mol. The first kappa shape index (κ1) is 20.9. The summed E-state index contributed by atoms with van der Waals surface area (Å²) in [5.41, 5.74) is 1.99. The molecule has 1 N–H and O–H groups in total. The van der Waals surface area contributed by atoms with Crippen LogP contribution < -0.4 is 5.32 Å². The molecule has 0 unspecified atom stereocenters. The lowest BCUT2D eigenvalue weighted by molar-refractivity contribution is -0.113. The van der Waals surface area contributed by atoms with Gasteiger partial charge in [-0.25, -0.2) is 0 Å². The van der Waals surface area contributed by atoms with Crippen molar-refractivity contribution < 1.29 is 9.21 Å². The van der Waals surface area contributed by atoms with E-state index in [-0.39, 0.29) is 23.0 Å². The smallest absolute Gasteiger partial charge is 0.277 e. The molecule has 0 aliphatic heterocycles. The van der Waals surface area contributed by atoms with Crippen LogP contribution in [0, 0.1) is 22.7 Å². The normalized spacial score (nSPS) is 16.7. The van der Waals surface area contributed by atoms with E-state index >= 15 is 0 Å². The molecule has 1 aliphatic carbocycles. The second-order valence-electron chi connectivity index (χ2n) is 8.52. The van der Waals surface area contributed by atoms with Crippen LogP contribution in [0.3, 0.4) is 0 Å². The van der Waals surface area contributed by atoms with E-state index in [0.717, 1.165) is 24.8 Å². The molecule has 0 fully saturated rings. The van der Waals surface area contributed by atoms with Gasteiger partial charge < -0.3 is 9.73 Å². The molecule has 0 spiro atoms. The van der Waals surface area contributed by atoms with E-state index in [4.69, 9.17) is 4.42 Å². The Kier molecular flexibility index (Phi) is 6.15. The topological polar surface area (TPSA) is 91.8 Å². The standard InChI is InChI=1S/C20H26N4O2S2/c1-11(2)17-23-24-19(26-17)27-10-16(25)22-18-14(9-21)13-7-6-12(20(3,4)5)8-15(13)28-18/h11-12H,6-8,10H2,1-5H3,(H,22,25)/t12-/m1/s1. The highest BCUT2D eigenvalue weighted by atomic mass is 32.2. The minimum absolute atomic E-state index is 0.156. The van der Waals surface area contributed by atoms with Crippen molar-refractivity contribution in [1.82, 2.24) is 10.2 Å². The van der Waals surface area contributed by atoms with Gasteiger partial charge in [-0.2, -0.15) is 5.26 Å². The number of amides is 1. The zero-order valence-electron chi connectivity index (χ0n) is 17.0. The SMILES string of the molecule is CC(C)c1nnc(SCC(=O)Nc2sc3c(c2C#N)CC[C@@H](C(C)(C)C)C3)o1. The van der Waals surface area contributed by atoms with Gasteiger partial charge in [0.25, 0.3) is 5.22 Å². The molecule has 8 heteroatoms. The predicted octanol–water partition coefficient (Wildman–Crippen LogP) is 5.01. The van der Waals surface area contributed by atoms with Gasteiger partial charge in [-0.1, -0.05) is 46.4 Å². The number of thioether (sulfide) groups is 1. The Morgan fingerprint density at radius 2 is 2.18 bits per heavy atom. The van der Waals surface area contributed by atoms with Crippen molar-refractivity contribution in [3.8, 4) is 6.07 Å². The second-order valence-corrected chi connectivity index (χ2v) is 10.6. The Morgan fingerprint density at radius 1 is 1.43 bits per heavy atom. The minimum atomic E-state index is -0.170. The maximum atomic E-state index is 12.4. The molecule has 2 aromatic heterocycles. The van der Waals surface area contributed by atoms with E-state index in [0.29, 0.717) is 27.6 Å². The van der Waals surface area contributed by atoms with Crippen LogP contribution in [0.25, 0.3) is 0 Å². The molecular weight excluding hydrogens is 392 g/mol. The summed E-state index contributed by atoms with van der Waals surface area (Å²) in [5, 5.41) is 21.5. The van der Waals surface area contributed by atoms with Gasteiger partial charge in [0.1, 0.15) is 11.1 Å². The molecule has 0 saturated carbocycles. The first-order chi connectivity index (χ1) is 13.2. The van der Waals surface area contributed by atoms with Gasteiger partial charge in [-0.3, -0.25) is 4.79 Å². The monoisotopic (exact) mass is 418 g/mol. The van der Waals surface area contributed by atoms with E-state index in [2.05, 4.69) is 42.4 Å². The lowest BCUT2D eigenvalue weighted by Crippen LogP contribution is -2.26. The van der Waals surface area contributed by atoms with Crippen molar-refractivity contribution in [3.63, 3.8) is 0 Å². The van der Waals surface area contributed by atoms with Gasteiger partial charge in [-0.15, -0.1) is 21.5 Å². The van der Waals surface area contributed by atoms with Gasteiger partial charge in [-0.05, 0) is 36.2 Å². The summed E-state index contributed by atoms with van der Waals surface area (Å²) >= 11 is 2.76.